The number of benzene rings is 3. The maximum Gasteiger partial charge on any atom is 0.190 e. The number of rotatable bonds is 8. The van der Waals surface area contributed by atoms with Crippen molar-refractivity contribution in [2.24, 2.45) is 0 Å². The van der Waals surface area contributed by atoms with Crippen LogP contribution in [0.25, 0.3) is 44.3 Å². The van der Waals surface area contributed by atoms with Crippen LogP contribution in [-0.2, 0) is 12.8 Å². The van der Waals surface area contributed by atoms with Gasteiger partial charge in [0.25, 0.3) is 0 Å². The summed E-state index contributed by atoms with van der Waals surface area (Å²) >= 11 is 0. The number of aryl methyl sites for hydroxylation is 4. The molecule has 0 spiro atoms. The standard InChI is InChI=1S/C34H36N2O2/c1-5-7-9-25-31-29(37)19-28(24-17-13-22(4)14-18-24)36-34(31)26(10-8-6-2)32-30(38)20-27(35-33(25)32)23-15-11-21(3)12-16-23/h11-20H,5-10H2,1-4H3,(H,35,38)(H,36,37). The van der Waals surface area contributed by atoms with Gasteiger partial charge in [-0.15, -0.1) is 0 Å². The lowest BCUT2D eigenvalue weighted by atomic mass is 9.91. The summed E-state index contributed by atoms with van der Waals surface area (Å²) in [5.74, 6) is 0. The van der Waals surface area contributed by atoms with Crippen LogP contribution in [0, 0.1) is 13.8 Å². The normalized spacial score (nSPS) is 11.5. The van der Waals surface area contributed by atoms with Crippen LogP contribution in [0.3, 0.4) is 0 Å². The van der Waals surface area contributed by atoms with Crippen LogP contribution < -0.4 is 10.9 Å². The Morgan fingerprint density at radius 1 is 0.579 bits per heavy atom. The second-order valence-electron chi connectivity index (χ2n) is 10.5. The molecule has 0 saturated carbocycles. The summed E-state index contributed by atoms with van der Waals surface area (Å²) < 4.78 is 0. The predicted octanol–water partition coefficient (Wildman–Crippen LogP) is 8.01. The zero-order chi connectivity index (χ0) is 26.8. The molecular weight excluding hydrogens is 468 g/mol. The molecule has 0 aliphatic carbocycles. The topological polar surface area (TPSA) is 65.7 Å². The van der Waals surface area contributed by atoms with Crippen LogP contribution in [-0.4, -0.2) is 9.97 Å². The quantitative estimate of drug-likeness (QED) is 0.210. The molecule has 2 heterocycles. The highest BCUT2D eigenvalue weighted by atomic mass is 16.1. The van der Waals surface area contributed by atoms with Gasteiger partial charge in [-0.25, -0.2) is 0 Å². The monoisotopic (exact) mass is 504 g/mol. The number of hydrogen-bond acceptors (Lipinski definition) is 2. The van der Waals surface area contributed by atoms with E-state index in [4.69, 9.17) is 0 Å². The number of unbranched alkanes of at least 4 members (excludes halogenated alkanes) is 2. The number of aromatic amines is 2. The van der Waals surface area contributed by atoms with Gasteiger partial charge in [0.05, 0.1) is 21.8 Å². The van der Waals surface area contributed by atoms with Crippen molar-refractivity contribution >= 4 is 21.8 Å². The minimum absolute atomic E-state index is 0.00154. The molecule has 0 amide bonds. The number of hydrogen-bond donors (Lipinski definition) is 2. The third kappa shape index (κ3) is 4.83. The molecule has 5 rings (SSSR count). The second kappa shape index (κ2) is 10.8. The minimum atomic E-state index is 0.00154. The van der Waals surface area contributed by atoms with E-state index in [0.29, 0.717) is 10.8 Å². The molecule has 0 aliphatic heterocycles. The molecule has 5 aromatic rings. The number of H-pyrrole nitrogens is 2. The van der Waals surface area contributed by atoms with Crippen LogP contribution in [0.2, 0.25) is 0 Å². The van der Waals surface area contributed by atoms with Gasteiger partial charge in [-0.1, -0.05) is 86.3 Å². The van der Waals surface area contributed by atoms with Crippen molar-refractivity contribution in [3.05, 3.63) is 103 Å². The first-order valence-electron chi connectivity index (χ1n) is 13.8. The van der Waals surface area contributed by atoms with Gasteiger partial charge in [0.1, 0.15) is 0 Å². The molecule has 194 valence electrons. The summed E-state index contributed by atoms with van der Waals surface area (Å²) in [5, 5.41) is 1.43. The van der Waals surface area contributed by atoms with Crippen molar-refractivity contribution in [1.29, 1.82) is 0 Å². The van der Waals surface area contributed by atoms with Crippen molar-refractivity contribution in [2.45, 2.75) is 66.2 Å². The van der Waals surface area contributed by atoms with Gasteiger partial charge in [-0.2, -0.15) is 0 Å². The van der Waals surface area contributed by atoms with E-state index >= 15 is 0 Å². The lowest BCUT2D eigenvalue weighted by Crippen LogP contribution is -2.14. The van der Waals surface area contributed by atoms with Crippen molar-refractivity contribution < 1.29 is 0 Å². The van der Waals surface area contributed by atoms with Crippen molar-refractivity contribution in [3.8, 4) is 22.5 Å². The first-order chi connectivity index (χ1) is 18.4. The maximum atomic E-state index is 13.9. The summed E-state index contributed by atoms with van der Waals surface area (Å²) in [6, 6.07) is 19.8. The van der Waals surface area contributed by atoms with E-state index in [2.05, 4.69) is 61.9 Å². The van der Waals surface area contributed by atoms with E-state index in [1.807, 2.05) is 24.3 Å². The molecule has 4 heteroatoms. The third-order valence-corrected chi connectivity index (χ3v) is 7.56. The van der Waals surface area contributed by atoms with Crippen LogP contribution in [0.15, 0.2) is 70.3 Å². The molecule has 0 fully saturated rings. The van der Waals surface area contributed by atoms with E-state index < -0.39 is 0 Å². The van der Waals surface area contributed by atoms with Gasteiger partial charge in [-0.3, -0.25) is 9.59 Å². The molecule has 0 bridgehead atoms. The van der Waals surface area contributed by atoms with E-state index in [-0.39, 0.29) is 10.9 Å². The second-order valence-corrected chi connectivity index (χ2v) is 10.5. The average molecular weight is 505 g/mol. The molecule has 0 radical (unpaired) electrons. The first-order valence-corrected chi connectivity index (χ1v) is 13.8. The van der Waals surface area contributed by atoms with Crippen molar-refractivity contribution in [2.75, 3.05) is 0 Å². The Bertz CT molecular complexity index is 1590. The van der Waals surface area contributed by atoms with Crippen LogP contribution in [0.4, 0.5) is 0 Å². The number of aromatic nitrogens is 2. The fourth-order valence-electron chi connectivity index (χ4n) is 5.41. The van der Waals surface area contributed by atoms with Crippen molar-refractivity contribution in [3.63, 3.8) is 0 Å². The number of pyridine rings is 2. The fraction of sp³-hybridized carbons (Fsp3) is 0.294. The van der Waals surface area contributed by atoms with E-state index in [0.717, 1.165) is 83.2 Å². The highest BCUT2D eigenvalue weighted by Gasteiger charge is 2.21. The molecule has 0 unspecified atom stereocenters. The van der Waals surface area contributed by atoms with Crippen LogP contribution >= 0.6 is 0 Å². The van der Waals surface area contributed by atoms with Gasteiger partial charge in [-0.05, 0) is 61.8 Å². The van der Waals surface area contributed by atoms with E-state index in [9.17, 15) is 9.59 Å². The van der Waals surface area contributed by atoms with Gasteiger partial charge >= 0.3 is 0 Å². The smallest absolute Gasteiger partial charge is 0.190 e. The Kier molecular flexibility index (Phi) is 7.33. The highest BCUT2D eigenvalue weighted by molar-refractivity contribution is 6.03. The van der Waals surface area contributed by atoms with E-state index in [1.54, 1.807) is 12.1 Å². The summed E-state index contributed by atoms with van der Waals surface area (Å²) in [6.07, 6.45) is 5.35. The Morgan fingerprint density at radius 3 is 1.29 bits per heavy atom. The first kappa shape index (κ1) is 25.7. The molecule has 0 aliphatic rings. The van der Waals surface area contributed by atoms with Gasteiger partial charge in [0.2, 0.25) is 0 Å². The molecule has 38 heavy (non-hydrogen) atoms. The molecule has 4 nitrogen and oxygen atoms in total. The zero-order valence-corrected chi connectivity index (χ0v) is 22.8. The van der Waals surface area contributed by atoms with E-state index in [1.165, 1.54) is 11.1 Å². The lowest BCUT2D eigenvalue weighted by molar-refractivity contribution is 0.795. The Hall–Kier alpha value is -3.92. The van der Waals surface area contributed by atoms with Crippen LogP contribution in [0.5, 0.6) is 0 Å². The average Bonchev–Trinajstić information content (AvgIpc) is 2.91. The predicted molar refractivity (Wildman–Crippen MR) is 160 cm³/mol. The third-order valence-electron chi connectivity index (χ3n) is 7.56. The molecule has 2 aromatic heterocycles. The zero-order valence-electron chi connectivity index (χ0n) is 22.8. The van der Waals surface area contributed by atoms with Gasteiger partial charge in [0.15, 0.2) is 10.9 Å². The SMILES string of the molecule is CCCCc1c2[nH]c(-c3ccc(C)cc3)cc(=O)c2c(CCCC)c2[nH]c(-c3ccc(C)cc3)cc(=O)c12. The Morgan fingerprint density at radius 2 is 0.947 bits per heavy atom. The Balaban J connectivity index is 1.89. The van der Waals surface area contributed by atoms with Crippen LogP contribution in [0.1, 0.15) is 61.8 Å². The number of nitrogens with one attached hydrogen (secondary N) is 2. The maximum absolute atomic E-state index is 13.9. The lowest BCUT2D eigenvalue weighted by Gasteiger charge is -2.18. The van der Waals surface area contributed by atoms with Crippen molar-refractivity contribution in [1.82, 2.24) is 9.97 Å². The summed E-state index contributed by atoms with van der Waals surface area (Å²) in [6.45, 7) is 8.42. The summed E-state index contributed by atoms with van der Waals surface area (Å²) in [7, 11) is 0. The minimum Gasteiger partial charge on any atom is -0.354 e. The Labute approximate surface area is 223 Å². The summed E-state index contributed by atoms with van der Waals surface area (Å²) in [5.41, 5.74) is 9.37. The molecule has 2 N–H and O–H groups in total. The molecular formula is C34H36N2O2. The molecule has 0 atom stereocenters. The molecule has 3 aromatic carbocycles. The van der Waals surface area contributed by atoms with Gasteiger partial charge in [0, 0.05) is 23.5 Å². The fourth-order valence-corrected chi connectivity index (χ4v) is 5.41. The number of fused-ring (bicyclic) bond motifs is 2. The molecule has 0 saturated heterocycles. The summed E-state index contributed by atoms with van der Waals surface area (Å²) in [4.78, 5) is 35.0. The highest BCUT2D eigenvalue weighted by Crippen LogP contribution is 2.33. The largest absolute Gasteiger partial charge is 0.354 e. The van der Waals surface area contributed by atoms with Gasteiger partial charge < -0.3 is 9.97 Å².